The normalized spacial score (nSPS) is 10.7. The fraction of sp³-hybridized carbons (Fsp3) is 0.538. The lowest BCUT2D eigenvalue weighted by Gasteiger charge is -2.24. The lowest BCUT2D eigenvalue weighted by atomic mass is 10.2. The Hall–Kier alpha value is -1.62. The maximum absolute atomic E-state index is 7.41. The van der Waals surface area contributed by atoms with Gasteiger partial charge >= 0.3 is 0 Å². The SMILES string of the molecule is CCN(CCCN(C)C)c1ccnc(C(=N)N)c1. The Morgan fingerprint density at radius 1 is 1.39 bits per heavy atom. The minimum Gasteiger partial charge on any atom is -0.382 e. The van der Waals surface area contributed by atoms with E-state index in [-0.39, 0.29) is 5.84 Å². The molecule has 0 aromatic carbocycles. The van der Waals surface area contributed by atoms with Crippen LogP contribution in [-0.2, 0) is 0 Å². The van der Waals surface area contributed by atoms with Gasteiger partial charge in [-0.25, -0.2) is 0 Å². The molecule has 0 spiro atoms. The van der Waals surface area contributed by atoms with Gasteiger partial charge in [0.05, 0.1) is 0 Å². The lowest BCUT2D eigenvalue weighted by Crippen LogP contribution is -2.27. The topological polar surface area (TPSA) is 69.2 Å². The summed E-state index contributed by atoms with van der Waals surface area (Å²) < 4.78 is 0. The molecule has 18 heavy (non-hydrogen) atoms. The van der Waals surface area contributed by atoms with E-state index in [9.17, 15) is 0 Å². The van der Waals surface area contributed by atoms with Gasteiger partial charge < -0.3 is 15.5 Å². The fourth-order valence-corrected chi connectivity index (χ4v) is 1.81. The van der Waals surface area contributed by atoms with E-state index in [2.05, 4.69) is 35.8 Å². The number of hydrogen-bond acceptors (Lipinski definition) is 4. The highest BCUT2D eigenvalue weighted by molar-refractivity contribution is 5.93. The average molecular weight is 249 g/mol. The summed E-state index contributed by atoms with van der Waals surface area (Å²) in [6, 6.07) is 3.84. The molecule has 0 atom stereocenters. The van der Waals surface area contributed by atoms with Crippen LogP contribution in [0.15, 0.2) is 18.3 Å². The predicted molar refractivity (Wildman–Crippen MR) is 76.3 cm³/mol. The van der Waals surface area contributed by atoms with Crippen LogP contribution in [0.25, 0.3) is 0 Å². The number of nitrogens with one attached hydrogen (secondary N) is 1. The van der Waals surface area contributed by atoms with E-state index in [1.165, 1.54) is 0 Å². The quantitative estimate of drug-likeness (QED) is 0.562. The van der Waals surface area contributed by atoms with Crippen LogP contribution in [0.1, 0.15) is 19.0 Å². The van der Waals surface area contributed by atoms with E-state index < -0.39 is 0 Å². The first-order valence-corrected chi connectivity index (χ1v) is 6.24. The molecule has 0 aliphatic carbocycles. The number of nitrogens with two attached hydrogens (primary N) is 1. The number of rotatable bonds is 7. The molecule has 5 nitrogen and oxygen atoms in total. The molecule has 3 N–H and O–H groups in total. The van der Waals surface area contributed by atoms with Gasteiger partial charge in [-0.2, -0.15) is 0 Å². The number of amidine groups is 1. The lowest BCUT2D eigenvalue weighted by molar-refractivity contribution is 0.400. The second kappa shape index (κ2) is 6.96. The number of aromatic nitrogens is 1. The van der Waals surface area contributed by atoms with Crippen molar-refractivity contribution >= 4 is 11.5 Å². The first kappa shape index (κ1) is 14.4. The minimum atomic E-state index is 0.0150. The highest BCUT2D eigenvalue weighted by atomic mass is 15.1. The van der Waals surface area contributed by atoms with Gasteiger partial charge in [0.25, 0.3) is 0 Å². The van der Waals surface area contributed by atoms with Gasteiger partial charge in [0.2, 0.25) is 0 Å². The van der Waals surface area contributed by atoms with E-state index >= 15 is 0 Å². The summed E-state index contributed by atoms with van der Waals surface area (Å²) in [5, 5.41) is 7.41. The summed E-state index contributed by atoms with van der Waals surface area (Å²) in [7, 11) is 4.16. The maximum atomic E-state index is 7.41. The summed E-state index contributed by atoms with van der Waals surface area (Å²) in [5.74, 6) is 0.0150. The molecule has 0 saturated carbocycles. The molecule has 1 heterocycles. The third-order valence-electron chi connectivity index (χ3n) is 2.80. The number of pyridine rings is 1. The van der Waals surface area contributed by atoms with Crippen molar-refractivity contribution in [1.29, 1.82) is 5.41 Å². The van der Waals surface area contributed by atoms with E-state index in [1.807, 2.05) is 12.1 Å². The zero-order chi connectivity index (χ0) is 13.5. The summed E-state index contributed by atoms with van der Waals surface area (Å²) in [6.45, 7) is 5.13. The third kappa shape index (κ3) is 4.33. The minimum absolute atomic E-state index is 0.0150. The molecule has 1 aromatic rings. The Bertz CT molecular complexity index is 389. The molecule has 0 bridgehead atoms. The first-order chi connectivity index (χ1) is 8.54. The average Bonchev–Trinajstić information content (AvgIpc) is 2.34. The fourth-order valence-electron chi connectivity index (χ4n) is 1.81. The zero-order valence-electron chi connectivity index (χ0n) is 11.5. The van der Waals surface area contributed by atoms with E-state index in [1.54, 1.807) is 6.20 Å². The van der Waals surface area contributed by atoms with Crippen molar-refractivity contribution in [2.75, 3.05) is 38.6 Å². The highest BCUT2D eigenvalue weighted by Gasteiger charge is 2.07. The maximum Gasteiger partial charge on any atom is 0.141 e. The molecule has 1 rings (SSSR count). The predicted octanol–water partition coefficient (Wildman–Crippen LogP) is 1.14. The van der Waals surface area contributed by atoms with Gasteiger partial charge in [0.1, 0.15) is 11.5 Å². The molecule has 0 fully saturated rings. The van der Waals surface area contributed by atoms with Crippen molar-refractivity contribution in [3.05, 3.63) is 24.0 Å². The molecule has 100 valence electrons. The van der Waals surface area contributed by atoms with E-state index in [0.717, 1.165) is 31.7 Å². The van der Waals surface area contributed by atoms with E-state index in [4.69, 9.17) is 11.1 Å². The highest BCUT2D eigenvalue weighted by Crippen LogP contribution is 2.14. The largest absolute Gasteiger partial charge is 0.382 e. The van der Waals surface area contributed by atoms with Gasteiger partial charge in [-0.3, -0.25) is 10.4 Å². The molecule has 0 unspecified atom stereocenters. The standard InChI is InChI=1S/C13H23N5/c1-4-18(9-5-8-17(2)3)11-6-7-16-12(10-11)13(14)15/h6-7,10H,4-5,8-9H2,1-3H3,(H3,14,15). The van der Waals surface area contributed by atoms with Crippen molar-refractivity contribution < 1.29 is 0 Å². The molecule has 0 saturated heterocycles. The Morgan fingerprint density at radius 3 is 2.67 bits per heavy atom. The van der Waals surface area contributed by atoms with Crippen molar-refractivity contribution in [3.8, 4) is 0 Å². The van der Waals surface area contributed by atoms with Crippen LogP contribution in [0, 0.1) is 5.41 Å². The van der Waals surface area contributed by atoms with Gasteiger partial charge in [-0.15, -0.1) is 0 Å². The number of hydrogen-bond donors (Lipinski definition) is 2. The Morgan fingerprint density at radius 2 is 2.11 bits per heavy atom. The Balaban J connectivity index is 2.69. The van der Waals surface area contributed by atoms with Crippen LogP contribution >= 0.6 is 0 Å². The molecule has 1 aromatic heterocycles. The zero-order valence-corrected chi connectivity index (χ0v) is 11.5. The number of nitrogen functional groups attached to an aromatic ring is 1. The first-order valence-electron chi connectivity index (χ1n) is 6.24. The summed E-state index contributed by atoms with van der Waals surface area (Å²) in [4.78, 5) is 8.54. The molecule has 0 aliphatic rings. The molecule has 0 amide bonds. The Labute approximate surface area is 109 Å². The van der Waals surface area contributed by atoms with Crippen molar-refractivity contribution in [2.45, 2.75) is 13.3 Å². The molecular formula is C13H23N5. The molecular weight excluding hydrogens is 226 g/mol. The number of anilines is 1. The van der Waals surface area contributed by atoms with Gasteiger partial charge in [0, 0.05) is 25.0 Å². The monoisotopic (exact) mass is 249 g/mol. The van der Waals surface area contributed by atoms with Crippen LogP contribution in [0.3, 0.4) is 0 Å². The van der Waals surface area contributed by atoms with Crippen LogP contribution in [0.4, 0.5) is 5.69 Å². The van der Waals surface area contributed by atoms with Crippen molar-refractivity contribution in [2.24, 2.45) is 5.73 Å². The third-order valence-corrected chi connectivity index (χ3v) is 2.80. The van der Waals surface area contributed by atoms with Crippen LogP contribution in [0.5, 0.6) is 0 Å². The molecule has 0 aliphatic heterocycles. The van der Waals surface area contributed by atoms with Gasteiger partial charge in [-0.05, 0) is 46.1 Å². The summed E-state index contributed by atoms with van der Waals surface area (Å²) >= 11 is 0. The molecule has 0 radical (unpaired) electrons. The van der Waals surface area contributed by atoms with Gasteiger partial charge in [0.15, 0.2) is 0 Å². The summed E-state index contributed by atoms with van der Waals surface area (Å²) in [5.41, 5.74) is 7.08. The summed E-state index contributed by atoms with van der Waals surface area (Å²) in [6.07, 6.45) is 2.82. The second-order valence-corrected chi connectivity index (χ2v) is 4.55. The van der Waals surface area contributed by atoms with Crippen LogP contribution < -0.4 is 10.6 Å². The smallest absolute Gasteiger partial charge is 0.141 e. The Kier molecular flexibility index (Phi) is 5.58. The van der Waals surface area contributed by atoms with Crippen molar-refractivity contribution in [1.82, 2.24) is 9.88 Å². The van der Waals surface area contributed by atoms with Crippen LogP contribution in [-0.4, -0.2) is 49.4 Å². The molecule has 5 heteroatoms. The van der Waals surface area contributed by atoms with Gasteiger partial charge in [-0.1, -0.05) is 0 Å². The van der Waals surface area contributed by atoms with Crippen molar-refractivity contribution in [3.63, 3.8) is 0 Å². The second-order valence-electron chi connectivity index (χ2n) is 4.55. The van der Waals surface area contributed by atoms with E-state index in [0.29, 0.717) is 5.69 Å². The number of nitrogens with zero attached hydrogens (tertiary/aromatic N) is 3. The van der Waals surface area contributed by atoms with Crippen LogP contribution in [0.2, 0.25) is 0 Å².